The van der Waals surface area contributed by atoms with E-state index >= 15 is 0 Å². The van der Waals surface area contributed by atoms with Gasteiger partial charge in [0.2, 0.25) is 5.91 Å². The standard InChI is InChI=1S/C16H16F2N2O/c1-16(15(19)21,10-11-6-2-3-7-12(11)17)20-14-9-5-4-8-13(14)18/h2-9,20H,10H2,1H3,(H2,19,21). The topological polar surface area (TPSA) is 55.1 Å². The molecule has 0 spiro atoms. The van der Waals surface area contributed by atoms with Gasteiger partial charge in [-0.15, -0.1) is 0 Å². The van der Waals surface area contributed by atoms with Crippen LogP contribution in [0.1, 0.15) is 12.5 Å². The average Bonchev–Trinajstić information content (AvgIpc) is 2.44. The number of carbonyl (C=O) groups excluding carboxylic acids is 1. The normalized spacial score (nSPS) is 13.5. The fourth-order valence-corrected chi connectivity index (χ4v) is 2.08. The molecule has 0 fully saturated rings. The fourth-order valence-electron chi connectivity index (χ4n) is 2.08. The van der Waals surface area contributed by atoms with Crippen LogP contribution in [0.3, 0.4) is 0 Å². The number of hydrogen-bond donors (Lipinski definition) is 2. The van der Waals surface area contributed by atoms with Crippen LogP contribution in [0.25, 0.3) is 0 Å². The number of amides is 1. The van der Waals surface area contributed by atoms with Gasteiger partial charge in [-0.2, -0.15) is 0 Å². The first-order chi connectivity index (χ1) is 9.92. The van der Waals surface area contributed by atoms with E-state index in [0.29, 0.717) is 5.56 Å². The highest BCUT2D eigenvalue weighted by molar-refractivity contribution is 5.88. The van der Waals surface area contributed by atoms with Crippen molar-refractivity contribution in [2.24, 2.45) is 5.73 Å². The van der Waals surface area contributed by atoms with Crippen molar-refractivity contribution in [3.63, 3.8) is 0 Å². The van der Waals surface area contributed by atoms with Crippen molar-refractivity contribution in [1.82, 2.24) is 0 Å². The van der Waals surface area contributed by atoms with Crippen LogP contribution in [0.4, 0.5) is 14.5 Å². The number of primary amides is 1. The van der Waals surface area contributed by atoms with Crippen molar-refractivity contribution in [2.45, 2.75) is 18.9 Å². The van der Waals surface area contributed by atoms with Gasteiger partial charge in [0.15, 0.2) is 0 Å². The van der Waals surface area contributed by atoms with Crippen LogP contribution < -0.4 is 11.1 Å². The number of anilines is 1. The van der Waals surface area contributed by atoms with E-state index in [4.69, 9.17) is 5.73 Å². The van der Waals surface area contributed by atoms with E-state index in [0.717, 1.165) is 0 Å². The van der Waals surface area contributed by atoms with E-state index in [9.17, 15) is 13.6 Å². The summed E-state index contributed by atoms with van der Waals surface area (Å²) in [4.78, 5) is 11.8. The minimum atomic E-state index is -1.30. The molecule has 5 heteroatoms. The Labute approximate surface area is 121 Å². The van der Waals surface area contributed by atoms with Gasteiger partial charge in [0.25, 0.3) is 0 Å². The van der Waals surface area contributed by atoms with Crippen LogP contribution in [-0.2, 0) is 11.2 Å². The number of nitrogens with two attached hydrogens (primary N) is 1. The summed E-state index contributed by atoms with van der Waals surface area (Å²) in [6, 6.07) is 12.0. The van der Waals surface area contributed by atoms with Gasteiger partial charge in [0.05, 0.1) is 5.69 Å². The third kappa shape index (κ3) is 3.37. The molecule has 110 valence electrons. The van der Waals surface area contributed by atoms with Crippen LogP contribution >= 0.6 is 0 Å². The average molecular weight is 290 g/mol. The van der Waals surface area contributed by atoms with Crippen LogP contribution in [0.5, 0.6) is 0 Å². The lowest BCUT2D eigenvalue weighted by Crippen LogP contribution is -2.50. The molecule has 1 atom stereocenters. The van der Waals surface area contributed by atoms with Gasteiger partial charge in [-0.05, 0) is 30.7 Å². The highest BCUT2D eigenvalue weighted by Gasteiger charge is 2.32. The minimum absolute atomic E-state index is 0.0172. The molecule has 0 bridgehead atoms. The van der Waals surface area contributed by atoms with Crippen molar-refractivity contribution < 1.29 is 13.6 Å². The molecule has 3 N–H and O–H groups in total. The maximum atomic E-state index is 13.7. The Morgan fingerprint density at radius 3 is 2.24 bits per heavy atom. The zero-order valence-corrected chi connectivity index (χ0v) is 11.6. The lowest BCUT2D eigenvalue weighted by Gasteiger charge is -2.29. The van der Waals surface area contributed by atoms with Crippen molar-refractivity contribution in [3.05, 3.63) is 65.7 Å². The molecule has 21 heavy (non-hydrogen) atoms. The molecule has 3 nitrogen and oxygen atoms in total. The maximum Gasteiger partial charge on any atom is 0.243 e. The highest BCUT2D eigenvalue weighted by atomic mass is 19.1. The molecular formula is C16H16F2N2O. The van der Waals surface area contributed by atoms with Gasteiger partial charge in [-0.3, -0.25) is 4.79 Å². The van der Waals surface area contributed by atoms with E-state index in [1.165, 1.54) is 25.1 Å². The predicted molar refractivity (Wildman–Crippen MR) is 77.7 cm³/mol. The zero-order valence-electron chi connectivity index (χ0n) is 11.6. The van der Waals surface area contributed by atoms with E-state index in [2.05, 4.69) is 5.32 Å². The second-order valence-electron chi connectivity index (χ2n) is 5.07. The van der Waals surface area contributed by atoms with Crippen molar-refractivity contribution in [1.29, 1.82) is 0 Å². The Kier molecular flexibility index (Phi) is 4.21. The van der Waals surface area contributed by atoms with E-state index in [-0.39, 0.29) is 12.1 Å². The molecule has 0 saturated heterocycles. The molecule has 0 aliphatic rings. The van der Waals surface area contributed by atoms with Gasteiger partial charge in [-0.25, -0.2) is 8.78 Å². The van der Waals surface area contributed by atoms with Crippen LogP contribution in [0, 0.1) is 11.6 Å². The Morgan fingerprint density at radius 1 is 1.10 bits per heavy atom. The van der Waals surface area contributed by atoms with Crippen molar-refractivity contribution in [2.75, 3.05) is 5.32 Å². The van der Waals surface area contributed by atoms with Crippen molar-refractivity contribution in [3.8, 4) is 0 Å². The molecule has 0 aliphatic heterocycles. The molecule has 0 aliphatic carbocycles. The number of benzene rings is 2. The minimum Gasteiger partial charge on any atom is -0.369 e. The maximum absolute atomic E-state index is 13.7. The molecule has 0 aromatic heterocycles. The molecule has 0 heterocycles. The summed E-state index contributed by atoms with van der Waals surface area (Å²) < 4.78 is 27.5. The first-order valence-electron chi connectivity index (χ1n) is 6.48. The Hall–Kier alpha value is -2.43. The molecular weight excluding hydrogens is 274 g/mol. The molecule has 0 saturated carbocycles. The summed E-state index contributed by atoms with van der Waals surface area (Å²) in [6.45, 7) is 1.52. The first kappa shape index (κ1) is 15.0. The number of nitrogens with one attached hydrogen (secondary N) is 1. The van der Waals surface area contributed by atoms with Gasteiger partial charge in [0, 0.05) is 6.42 Å². The monoisotopic (exact) mass is 290 g/mol. The molecule has 2 rings (SSSR count). The van der Waals surface area contributed by atoms with Crippen molar-refractivity contribution >= 4 is 11.6 Å². The molecule has 0 radical (unpaired) electrons. The van der Waals surface area contributed by atoms with Crippen LogP contribution in [-0.4, -0.2) is 11.4 Å². The second kappa shape index (κ2) is 5.91. The number of hydrogen-bond acceptors (Lipinski definition) is 2. The first-order valence-corrected chi connectivity index (χ1v) is 6.48. The zero-order chi connectivity index (χ0) is 15.5. The van der Waals surface area contributed by atoms with Gasteiger partial charge in [0.1, 0.15) is 17.2 Å². The third-order valence-electron chi connectivity index (χ3n) is 3.33. The summed E-state index contributed by atoms with van der Waals surface area (Å²) in [5.74, 6) is -1.62. The van der Waals surface area contributed by atoms with Crippen LogP contribution in [0.15, 0.2) is 48.5 Å². The second-order valence-corrected chi connectivity index (χ2v) is 5.07. The summed E-state index contributed by atoms with van der Waals surface area (Å²) in [5, 5.41) is 2.78. The molecule has 1 unspecified atom stereocenters. The number of carbonyl (C=O) groups is 1. The Morgan fingerprint density at radius 2 is 1.67 bits per heavy atom. The summed E-state index contributed by atoms with van der Waals surface area (Å²) in [5.41, 5.74) is 4.60. The lowest BCUT2D eigenvalue weighted by atomic mass is 9.91. The number of para-hydroxylation sites is 1. The van der Waals surface area contributed by atoms with Gasteiger partial charge >= 0.3 is 0 Å². The summed E-state index contributed by atoms with van der Waals surface area (Å²) in [6.07, 6.45) is 0.0172. The van der Waals surface area contributed by atoms with Crippen LogP contribution in [0.2, 0.25) is 0 Å². The molecule has 2 aromatic rings. The highest BCUT2D eigenvalue weighted by Crippen LogP contribution is 2.23. The Bertz CT molecular complexity index is 611. The SMILES string of the molecule is CC(Cc1ccccc1F)(Nc1ccccc1F)C(N)=O. The van der Waals surface area contributed by atoms with E-state index < -0.39 is 23.1 Å². The predicted octanol–water partition coefficient (Wildman–Crippen LogP) is 2.86. The quantitative estimate of drug-likeness (QED) is 0.889. The Balaban J connectivity index is 2.31. The summed E-state index contributed by atoms with van der Waals surface area (Å²) in [7, 11) is 0. The summed E-state index contributed by atoms with van der Waals surface area (Å²) >= 11 is 0. The van der Waals surface area contributed by atoms with E-state index in [1.807, 2.05) is 0 Å². The third-order valence-corrected chi connectivity index (χ3v) is 3.33. The molecule has 1 amide bonds. The smallest absolute Gasteiger partial charge is 0.243 e. The largest absolute Gasteiger partial charge is 0.369 e. The molecule has 2 aromatic carbocycles. The van der Waals surface area contributed by atoms with E-state index in [1.54, 1.807) is 30.3 Å². The van der Waals surface area contributed by atoms with Gasteiger partial charge < -0.3 is 11.1 Å². The fraction of sp³-hybridized carbons (Fsp3) is 0.188. The number of halogens is 2. The van der Waals surface area contributed by atoms with Gasteiger partial charge in [-0.1, -0.05) is 30.3 Å². The number of rotatable bonds is 5. The lowest BCUT2D eigenvalue weighted by molar-refractivity contribution is -0.121.